The molecular weight excluding hydrogens is 349 g/mol. The van der Waals surface area contributed by atoms with Crippen LogP contribution in [-0.2, 0) is 0 Å². The summed E-state index contributed by atoms with van der Waals surface area (Å²) >= 11 is 0. The third kappa shape index (κ3) is 3.56. The molecule has 4 rings (SSSR count). The number of benzene rings is 3. The molecule has 0 unspecified atom stereocenters. The monoisotopic (exact) mass is 366 g/mol. The maximum atomic E-state index is 13.5. The van der Waals surface area contributed by atoms with Gasteiger partial charge in [0.1, 0.15) is 5.60 Å². The normalized spacial score (nSPS) is 15.6. The first-order valence-corrected chi connectivity index (χ1v) is 8.88. The third-order valence-electron chi connectivity index (χ3n) is 5.03. The molecule has 4 heteroatoms. The van der Waals surface area contributed by atoms with E-state index in [2.05, 4.69) is 11.8 Å². The highest BCUT2D eigenvalue weighted by Gasteiger charge is 2.28. The molecule has 1 aliphatic rings. The number of rotatable bonds is 1. The molecule has 27 heavy (non-hydrogen) atoms. The zero-order valence-corrected chi connectivity index (χ0v) is 14.5. The average Bonchev–Trinajstić information content (AvgIpc) is 3.10. The van der Waals surface area contributed by atoms with Crippen molar-refractivity contribution in [2.24, 2.45) is 0 Å². The molecule has 3 aromatic carbocycles. The van der Waals surface area contributed by atoms with E-state index in [4.69, 9.17) is 0 Å². The van der Waals surface area contributed by atoms with Gasteiger partial charge in [-0.2, -0.15) is 0 Å². The summed E-state index contributed by atoms with van der Waals surface area (Å²) in [5, 5.41) is 12.1. The van der Waals surface area contributed by atoms with Crippen molar-refractivity contribution in [3.05, 3.63) is 71.5 Å². The Hall–Kier alpha value is -2.77. The van der Waals surface area contributed by atoms with Crippen molar-refractivity contribution in [3.63, 3.8) is 0 Å². The van der Waals surface area contributed by atoms with Crippen molar-refractivity contribution >= 4 is 10.8 Å². The minimum absolute atomic E-state index is 0.278. The largest absolute Gasteiger partial charge is 0.378 e. The fourth-order valence-electron chi connectivity index (χ4n) is 3.50. The Morgan fingerprint density at radius 1 is 0.778 bits per heavy atom. The summed E-state index contributed by atoms with van der Waals surface area (Å²) in [4.78, 5) is 0. The van der Waals surface area contributed by atoms with Gasteiger partial charge in [0.05, 0.1) is 0 Å². The number of hydrogen-bond acceptors (Lipinski definition) is 1. The number of hydrogen-bond donors (Lipinski definition) is 1. The van der Waals surface area contributed by atoms with Gasteiger partial charge in [-0.1, -0.05) is 30.0 Å². The molecule has 0 heterocycles. The molecule has 3 aromatic rings. The first-order valence-electron chi connectivity index (χ1n) is 8.88. The third-order valence-corrected chi connectivity index (χ3v) is 5.03. The second-order valence-electron chi connectivity index (χ2n) is 7.02. The number of fused-ring (bicyclic) bond motifs is 1. The van der Waals surface area contributed by atoms with E-state index in [1.165, 1.54) is 0 Å². The van der Waals surface area contributed by atoms with Gasteiger partial charge >= 0.3 is 0 Å². The zero-order valence-electron chi connectivity index (χ0n) is 14.5. The molecule has 0 spiro atoms. The van der Waals surface area contributed by atoms with Crippen LogP contribution in [0.4, 0.5) is 13.2 Å². The van der Waals surface area contributed by atoms with Crippen LogP contribution < -0.4 is 0 Å². The summed E-state index contributed by atoms with van der Waals surface area (Å²) in [7, 11) is 0. The van der Waals surface area contributed by atoms with Gasteiger partial charge in [-0.3, -0.25) is 0 Å². The van der Waals surface area contributed by atoms with Crippen LogP contribution in [0, 0.1) is 29.3 Å². The highest BCUT2D eigenvalue weighted by Crippen LogP contribution is 2.29. The van der Waals surface area contributed by atoms with E-state index < -0.39 is 23.1 Å². The van der Waals surface area contributed by atoms with Gasteiger partial charge in [0.15, 0.2) is 17.5 Å². The quantitative estimate of drug-likeness (QED) is 0.440. The van der Waals surface area contributed by atoms with E-state index in [9.17, 15) is 18.3 Å². The Balaban J connectivity index is 1.68. The molecule has 0 aliphatic heterocycles. The second-order valence-corrected chi connectivity index (χ2v) is 7.02. The summed E-state index contributed by atoms with van der Waals surface area (Å²) in [5.41, 5.74) is 0.796. The molecule has 1 aliphatic carbocycles. The molecule has 0 amide bonds. The van der Waals surface area contributed by atoms with E-state index >= 15 is 0 Å². The highest BCUT2D eigenvalue weighted by molar-refractivity contribution is 5.88. The van der Waals surface area contributed by atoms with Crippen LogP contribution in [0.15, 0.2) is 48.5 Å². The van der Waals surface area contributed by atoms with E-state index in [0.29, 0.717) is 18.4 Å². The van der Waals surface area contributed by atoms with Crippen LogP contribution in [-0.4, -0.2) is 10.7 Å². The van der Waals surface area contributed by atoms with Crippen molar-refractivity contribution < 1.29 is 18.3 Å². The standard InChI is InChI=1S/C23H17F3O/c24-20-13-19(14-21(25)22(20)26)18-6-5-16-11-15(3-4-17(16)12-18)7-10-23(27)8-1-2-9-23/h3-6,11-14,27H,1-2,8-9H2. The molecule has 1 nitrogen and oxygen atoms in total. The average molecular weight is 366 g/mol. The van der Waals surface area contributed by atoms with Crippen LogP contribution in [0.2, 0.25) is 0 Å². The SMILES string of the molecule is OC1(C#Cc2ccc3cc(-c4cc(F)c(F)c(F)c4)ccc3c2)CCCC1. The fourth-order valence-corrected chi connectivity index (χ4v) is 3.50. The maximum Gasteiger partial charge on any atom is 0.194 e. The second kappa shape index (κ2) is 6.75. The summed E-state index contributed by atoms with van der Waals surface area (Å²) in [5.74, 6) is 2.14. The van der Waals surface area contributed by atoms with E-state index in [-0.39, 0.29) is 5.56 Å². The topological polar surface area (TPSA) is 20.2 Å². The van der Waals surface area contributed by atoms with Crippen LogP contribution in [0.5, 0.6) is 0 Å². The molecule has 0 atom stereocenters. The summed E-state index contributed by atoms with van der Waals surface area (Å²) in [6.07, 6.45) is 3.41. The molecule has 0 saturated heterocycles. The Bertz CT molecular complexity index is 1060. The first-order chi connectivity index (χ1) is 12.9. The Morgan fingerprint density at radius 2 is 1.41 bits per heavy atom. The Morgan fingerprint density at radius 3 is 2.11 bits per heavy atom. The van der Waals surface area contributed by atoms with Crippen LogP contribution in [0.25, 0.3) is 21.9 Å². The predicted octanol–water partition coefficient (Wildman–Crippen LogP) is 5.58. The van der Waals surface area contributed by atoms with Gasteiger partial charge in [-0.25, -0.2) is 13.2 Å². The predicted molar refractivity (Wildman–Crippen MR) is 99.6 cm³/mol. The van der Waals surface area contributed by atoms with Crippen molar-refractivity contribution in [2.75, 3.05) is 0 Å². The molecule has 1 fully saturated rings. The minimum Gasteiger partial charge on any atom is -0.378 e. The lowest BCUT2D eigenvalue weighted by Crippen LogP contribution is -2.20. The van der Waals surface area contributed by atoms with Crippen molar-refractivity contribution in [2.45, 2.75) is 31.3 Å². The molecule has 0 radical (unpaired) electrons. The Kier molecular flexibility index (Phi) is 4.41. The molecule has 1 saturated carbocycles. The summed E-state index contributed by atoms with van der Waals surface area (Å²) in [6.45, 7) is 0. The van der Waals surface area contributed by atoms with Gasteiger partial charge in [-0.05, 0) is 77.9 Å². The first kappa shape index (κ1) is 17.6. The van der Waals surface area contributed by atoms with Gasteiger partial charge in [0.25, 0.3) is 0 Å². The smallest absolute Gasteiger partial charge is 0.194 e. The Labute approximate surface area is 155 Å². The number of halogens is 3. The summed E-state index contributed by atoms with van der Waals surface area (Å²) < 4.78 is 40.1. The lowest BCUT2D eigenvalue weighted by molar-refractivity contribution is 0.110. The van der Waals surface area contributed by atoms with Crippen molar-refractivity contribution in [3.8, 4) is 23.0 Å². The van der Waals surface area contributed by atoms with Crippen LogP contribution in [0.3, 0.4) is 0 Å². The van der Waals surface area contributed by atoms with Gasteiger partial charge in [0.2, 0.25) is 0 Å². The molecular formula is C23H17F3O. The molecule has 1 N–H and O–H groups in total. The van der Waals surface area contributed by atoms with E-state index in [1.807, 2.05) is 24.3 Å². The van der Waals surface area contributed by atoms with E-state index in [1.54, 1.807) is 12.1 Å². The summed E-state index contributed by atoms with van der Waals surface area (Å²) in [6, 6.07) is 13.0. The molecule has 0 aromatic heterocycles. The maximum absolute atomic E-state index is 13.5. The lowest BCUT2D eigenvalue weighted by Gasteiger charge is -2.12. The minimum atomic E-state index is -1.47. The molecule has 0 bridgehead atoms. The van der Waals surface area contributed by atoms with Crippen molar-refractivity contribution in [1.29, 1.82) is 0 Å². The number of aliphatic hydroxyl groups is 1. The van der Waals surface area contributed by atoms with Crippen LogP contribution >= 0.6 is 0 Å². The molecule has 136 valence electrons. The lowest BCUT2D eigenvalue weighted by atomic mass is 9.99. The van der Waals surface area contributed by atoms with Gasteiger partial charge in [0, 0.05) is 5.56 Å². The van der Waals surface area contributed by atoms with Gasteiger partial charge < -0.3 is 5.11 Å². The van der Waals surface area contributed by atoms with Crippen LogP contribution in [0.1, 0.15) is 31.2 Å². The fraction of sp³-hybridized carbons (Fsp3) is 0.217. The zero-order chi connectivity index (χ0) is 19.0. The van der Waals surface area contributed by atoms with Gasteiger partial charge in [-0.15, -0.1) is 0 Å². The van der Waals surface area contributed by atoms with E-state index in [0.717, 1.165) is 41.3 Å². The highest BCUT2D eigenvalue weighted by atomic mass is 19.2. The van der Waals surface area contributed by atoms with Crippen molar-refractivity contribution in [1.82, 2.24) is 0 Å².